The number of aliphatic imine (C=N–C) groups is 1. The van der Waals surface area contributed by atoms with Crippen molar-refractivity contribution in [1.82, 2.24) is 36.4 Å². The lowest BCUT2D eigenvalue weighted by Gasteiger charge is -2.43. The Morgan fingerprint density at radius 2 is 1.47 bits per heavy atom. The van der Waals surface area contributed by atoms with Crippen molar-refractivity contribution in [3.05, 3.63) is 65.7 Å². The molecule has 75 heavy (non-hydrogen) atoms. The third-order valence-corrected chi connectivity index (χ3v) is 13.2. The summed E-state index contributed by atoms with van der Waals surface area (Å²) in [6.07, 6.45) is -0.559. The predicted molar refractivity (Wildman–Crippen MR) is 275 cm³/mol. The van der Waals surface area contributed by atoms with Crippen LogP contribution in [0.3, 0.4) is 0 Å². The number of hydrogen-bond acceptors (Lipinski definition) is 13. The molecule has 2 saturated heterocycles. The lowest BCUT2D eigenvalue weighted by Crippen LogP contribution is -2.65. The number of nitrogens with two attached hydrogens (primary N) is 2. The molecule has 7 amide bonds. The summed E-state index contributed by atoms with van der Waals surface area (Å²) in [5.41, 5.74) is 12.2. The number of cyclic esters (lactones) is 1. The number of phenols is 1. The van der Waals surface area contributed by atoms with Crippen molar-refractivity contribution in [2.45, 2.75) is 172 Å². The van der Waals surface area contributed by atoms with E-state index in [9.17, 15) is 53.7 Å². The van der Waals surface area contributed by atoms with E-state index in [-0.39, 0.29) is 63.2 Å². The van der Waals surface area contributed by atoms with E-state index in [1.807, 2.05) is 6.92 Å². The molecule has 0 aliphatic carbocycles. The summed E-state index contributed by atoms with van der Waals surface area (Å²) in [4.78, 5) is 133. The van der Waals surface area contributed by atoms with Crippen LogP contribution in [0, 0.1) is 5.92 Å². The highest BCUT2D eigenvalue weighted by Crippen LogP contribution is 2.26. The highest BCUT2D eigenvalue weighted by atomic mass is 16.5. The van der Waals surface area contributed by atoms with Crippen molar-refractivity contribution < 1.29 is 63.2 Å². The Morgan fingerprint density at radius 1 is 0.813 bits per heavy atom. The smallest absolute Gasteiger partial charge is 0.329 e. The highest BCUT2D eigenvalue weighted by molar-refractivity contribution is 5.98. The maximum Gasteiger partial charge on any atom is 0.329 e. The molecule has 9 unspecified atom stereocenters. The number of nitrogens with one attached hydrogen (secondary N) is 5. The highest BCUT2D eigenvalue weighted by Gasteiger charge is 2.46. The van der Waals surface area contributed by atoms with E-state index < -0.39 is 127 Å². The number of carbonyl (C=O) groups is 9. The van der Waals surface area contributed by atoms with E-state index >= 15 is 4.79 Å². The fourth-order valence-corrected chi connectivity index (χ4v) is 8.91. The summed E-state index contributed by atoms with van der Waals surface area (Å²) in [7, 11) is 1.34. The van der Waals surface area contributed by atoms with Gasteiger partial charge in [-0.3, -0.25) is 43.3 Å². The first kappa shape index (κ1) is 60.3. The number of carboxylic acid groups (broad SMARTS) is 1. The molecule has 9 atom stereocenters. The van der Waals surface area contributed by atoms with Gasteiger partial charge in [-0.1, -0.05) is 88.9 Å². The van der Waals surface area contributed by atoms with Crippen LogP contribution in [0.4, 0.5) is 0 Å². The van der Waals surface area contributed by atoms with E-state index in [1.165, 1.54) is 38.2 Å². The number of aliphatic hydroxyl groups is 1. The van der Waals surface area contributed by atoms with Gasteiger partial charge in [0, 0.05) is 39.3 Å². The number of amides is 7. The molecule has 412 valence electrons. The maximum atomic E-state index is 15.1. The van der Waals surface area contributed by atoms with Crippen LogP contribution in [0.25, 0.3) is 0 Å². The monoisotopic (exact) mass is 1050 g/mol. The van der Waals surface area contributed by atoms with Gasteiger partial charge in [-0.2, -0.15) is 0 Å². The van der Waals surface area contributed by atoms with Crippen molar-refractivity contribution in [3.63, 3.8) is 0 Å². The molecular formula is C52H76N10O13. The standard InChI is InChI=1S/C52H76N10O13/c1-6-7-8-9-13-18-40(64)56-36(24-26-42(66)67)46(69)60-44-31(4)75-51(74)43(30(2)3)59-47(70)38(28-33-19-21-34(63)22-20-33)61(5)50(73)39(29-32-15-11-10-12-16-32)62-41(65)25-23-37(49(62)72)58-45(68)35(57-48(44)71)17-14-27-55-52(53)54/h10-12,15-16,19-22,30-31,35-39,41,43-44,63,65H,6-9,13-14,17-18,23-29H2,1-5H3,(H,56,64)(H,57,71)(H,58,68)(H,59,70)(H,60,69)(H,66,67)(H4,53,54,55). The number of likely N-dealkylation sites (N-methyl/N-ethyl adjacent to an activating group) is 1. The molecule has 23 heteroatoms. The third-order valence-electron chi connectivity index (χ3n) is 13.2. The van der Waals surface area contributed by atoms with Crippen LogP contribution in [0.1, 0.15) is 116 Å². The number of unbranched alkanes of at least 4 members (excludes halogenated alkanes) is 4. The van der Waals surface area contributed by atoms with Crippen molar-refractivity contribution >= 4 is 59.2 Å². The number of esters is 1. The normalized spacial score (nSPS) is 23.6. The van der Waals surface area contributed by atoms with Gasteiger partial charge in [0.05, 0.1) is 0 Å². The van der Waals surface area contributed by atoms with Crippen molar-refractivity contribution in [2.24, 2.45) is 22.4 Å². The largest absolute Gasteiger partial charge is 0.508 e. The van der Waals surface area contributed by atoms with Gasteiger partial charge in [0.25, 0.3) is 0 Å². The third kappa shape index (κ3) is 18.5. The second-order valence-corrected chi connectivity index (χ2v) is 19.5. The SMILES string of the molecule is CCCCCCCC(=O)NC(CCC(=O)O)C(=O)NC1C(=O)NC(CCCN=C(N)N)C(=O)NC2CCC(O)N(C2=O)C(Cc2ccccc2)C(=O)N(C)C(Cc2ccc(O)cc2)C(=O)NC(C(C)C)C(=O)OC1C. The number of aliphatic carboxylic acids is 1. The maximum absolute atomic E-state index is 15.1. The van der Waals surface area contributed by atoms with E-state index in [2.05, 4.69) is 31.6 Å². The Morgan fingerprint density at radius 3 is 2.11 bits per heavy atom. The molecular weight excluding hydrogens is 973 g/mol. The van der Waals surface area contributed by atoms with Gasteiger partial charge in [-0.05, 0) is 74.6 Å². The number of nitrogens with zero attached hydrogens (tertiary/aromatic N) is 3. The molecule has 12 N–H and O–H groups in total. The number of guanidine groups is 1. The zero-order valence-corrected chi connectivity index (χ0v) is 43.5. The van der Waals surface area contributed by atoms with Crippen LogP contribution < -0.4 is 38.1 Å². The first-order chi connectivity index (χ1) is 35.6. The van der Waals surface area contributed by atoms with Crippen LogP contribution in [-0.2, 0) is 60.7 Å². The second kappa shape index (κ2) is 29.6. The summed E-state index contributed by atoms with van der Waals surface area (Å²) in [6, 6.07) is 3.99. The molecule has 2 aromatic rings. The number of fused-ring (bicyclic) bond motifs is 2. The van der Waals surface area contributed by atoms with Gasteiger partial charge in [-0.25, -0.2) is 4.79 Å². The summed E-state index contributed by atoms with van der Waals surface area (Å²) in [5, 5.41) is 44.3. The first-order valence-electron chi connectivity index (χ1n) is 25.7. The minimum absolute atomic E-state index is 0.00506. The Hall–Kier alpha value is -7.30. The predicted octanol–water partition coefficient (Wildman–Crippen LogP) is 0.618. The minimum atomic E-state index is -1.84. The van der Waals surface area contributed by atoms with Gasteiger partial charge in [0.2, 0.25) is 41.4 Å². The van der Waals surface area contributed by atoms with Crippen LogP contribution >= 0.6 is 0 Å². The average Bonchev–Trinajstić information content (AvgIpc) is 3.36. The fourth-order valence-electron chi connectivity index (χ4n) is 8.91. The Labute approximate surface area is 437 Å². The molecule has 2 bridgehead atoms. The van der Waals surface area contributed by atoms with Crippen LogP contribution in [0.2, 0.25) is 0 Å². The molecule has 2 heterocycles. The molecule has 0 spiro atoms. The van der Waals surface area contributed by atoms with Crippen LogP contribution in [0.5, 0.6) is 5.75 Å². The number of carboxylic acids is 1. The zero-order valence-electron chi connectivity index (χ0n) is 43.5. The Kier molecular flexibility index (Phi) is 23.7. The molecule has 0 saturated carbocycles. The number of aliphatic hydroxyl groups excluding tert-OH is 1. The number of hydrogen-bond donors (Lipinski definition) is 10. The molecule has 2 aliphatic heterocycles. The van der Waals surface area contributed by atoms with Gasteiger partial charge >= 0.3 is 11.9 Å². The van der Waals surface area contributed by atoms with Crippen LogP contribution in [0.15, 0.2) is 59.6 Å². The lowest BCUT2D eigenvalue weighted by molar-refractivity contribution is -0.165. The number of phenolic OH excluding ortho intramolecular Hbond substituents is 1. The number of aromatic hydroxyl groups is 1. The van der Waals surface area contributed by atoms with E-state index in [4.69, 9.17) is 16.2 Å². The van der Waals surface area contributed by atoms with Crippen molar-refractivity contribution in [1.29, 1.82) is 0 Å². The van der Waals surface area contributed by atoms with Gasteiger partial charge in [0.1, 0.15) is 60.4 Å². The molecule has 0 radical (unpaired) electrons. The quantitative estimate of drug-likeness (QED) is 0.0355. The van der Waals surface area contributed by atoms with Gasteiger partial charge < -0.3 is 67.9 Å². The molecule has 4 rings (SSSR count). The summed E-state index contributed by atoms with van der Waals surface area (Å²) >= 11 is 0. The number of rotatable bonds is 21. The number of carbonyl (C=O) groups excluding carboxylic acids is 8. The Balaban J connectivity index is 1.86. The fraction of sp³-hybridized carbons (Fsp3) is 0.577. The molecule has 0 aromatic heterocycles. The number of ether oxygens (including phenoxy) is 1. The topological polar surface area (TPSA) is 355 Å². The van der Waals surface area contributed by atoms with E-state index in [0.717, 1.165) is 35.5 Å². The summed E-state index contributed by atoms with van der Waals surface area (Å²) in [6.45, 7) is 6.51. The van der Waals surface area contributed by atoms with Crippen molar-refractivity contribution in [2.75, 3.05) is 13.6 Å². The molecule has 2 fully saturated rings. The van der Waals surface area contributed by atoms with E-state index in [0.29, 0.717) is 17.5 Å². The Bertz CT molecular complexity index is 2310. The first-order valence-corrected chi connectivity index (χ1v) is 25.7. The van der Waals surface area contributed by atoms with Gasteiger partial charge in [-0.15, -0.1) is 0 Å². The lowest BCUT2D eigenvalue weighted by atomic mass is 9.95. The molecule has 23 nitrogen and oxygen atoms in total. The molecule has 2 aliphatic rings. The minimum Gasteiger partial charge on any atom is -0.508 e. The zero-order chi connectivity index (χ0) is 55.4. The van der Waals surface area contributed by atoms with E-state index in [1.54, 1.807) is 44.2 Å². The summed E-state index contributed by atoms with van der Waals surface area (Å²) in [5.74, 6) is -9.37. The van der Waals surface area contributed by atoms with Crippen molar-refractivity contribution in [3.8, 4) is 5.75 Å². The van der Waals surface area contributed by atoms with Crippen LogP contribution in [-0.4, -0.2) is 153 Å². The summed E-state index contributed by atoms with van der Waals surface area (Å²) < 4.78 is 5.89. The molecule has 2 aromatic carbocycles. The van der Waals surface area contributed by atoms with Gasteiger partial charge in [0.15, 0.2) is 5.96 Å². The number of benzene rings is 2. The second-order valence-electron chi connectivity index (χ2n) is 19.5. The number of piperidine rings is 1. The average molecular weight is 1050 g/mol.